The second-order valence-corrected chi connectivity index (χ2v) is 7.50. The van der Waals surface area contributed by atoms with Crippen LogP contribution in [0.5, 0.6) is 5.75 Å². The SMILES string of the molecule is CN(CC(=O)Nc1ccc(OC(F)(F)F)cc1)S(=O)(=O)c1ccccc1C#N. The van der Waals surface area contributed by atoms with Crippen LogP contribution < -0.4 is 10.1 Å². The molecule has 28 heavy (non-hydrogen) atoms. The standard InChI is InChI=1S/C17H14F3N3O4S/c1-23(28(25,26)15-5-3-2-4-12(15)10-21)11-16(24)22-13-6-8-14(9-7-13)27-17(18,19)20/h2-9H,11H2,1H3,(H,22,24). The van der Waals surface area contributed by atoms with Crippen LogP contribution in [0.1, 0.15) is 5.56 Å². The van der Waals surface area contributed by atoms with Gasteiger partial charge in [0, 0.05) is 12.7 Å². The fourth-order valence-electron chi connectivity index (χ4n) is 2.18. The van der Waals surface area contributed by atoms with Gasteiger partial charge in [-0.05, 0) is 36.4 Å². The largest absolute Gasteiger partial charge is 0.573 e. The van der Waals surface area contributed by atoms with Gasteiger partial charge in [0.05, 0.1) is 17.0 Å². The smallest absolute Gasteiger partial charge is 0.406 e. The lowest BCUT2D eigenvalue weighted by atomic mass is 10.2. The van der Waals surface area contributed by atoms with E-state index in [1.54, 1.807) is 6.07 Å². The number of anilines is 1. The van der Waals surface area contributed by atoms with Gasteiger partial charge in [0.25, 0.3) is 0 Å². The lowest BCUT2D eigenvalue weighted by Crippen LogP contribution is -2.35. The van der Waals surface area contributed by atoms with E-state index in [2.05, 4.69) is 10.1 Å². The highest BCUT2D eigenvalue weighted by Crippen LogP contribution is 2.24. The zero-order valence-electron chi connectivity index (χ0n) is 14.4. The van der Waals surface area contributed by atoms with Gasteiger partial charge in [-0.15, -0.1) is 13.2 Å². The number of halogens is 3. The number of hydrogen-bond acceptors (Lipinski definition) is 5. The number of carbonyl (C=O) groups is 1. The molecule has 0 radical (unpaired) electrons. The molecule has 0 spiro atoms. The van der Waals surface area contributed by atoms with E-state index in [0.29, 0.717) is 0 Å². The van der Waals surface area contributed by atoms with Crippen LogP contribution in [-0.2, 0) is 14.8 Å². The Bertz CT molecular complexity index is 1000. The van der Waals surface area contributed by atoms with Gasteiger partial charge < -0.3 is 10.1 Å². The summed E-state index contributed by atoms with van der Waals surface area (Å²) in [7, 11) is -2.92. The molecule has 0 fully saturated rings. The highest BCUT2D eigenvalue weighted by Gasteiger charge is 2.31. The summed E-state index contributed by atoms with van der Waals surface area (Å²) in [5.74, 6) is -1.18. The average Bonchev–Trinajstić information content (AvgIpc) is 2.62. The molecule has 2 aromatic rings. The number of rotatable bonds is 6. The van der Waals surface area contributed by atoms with Crippen molar-refractivity contribution in [2.75, 3.05) is 18.9 Å². The molecule has 0 aliphatic heterocycles. The van der Waals surface area contributed by atoms with Crippen LogP contribution in [0.15, 0.2) is 53.4 Å². The van der Waals surface area contributed by atoms with Gasteiger partial charge in [-0.3, -0.25) is 4.79 Å². The van der Waals surface area contributed by atoms with Crippen molar-refractivity contribution in [2.24, 2.45) is 0 Å². The van der Waals surface area contributed by atoms with E-state index in [9.17, 15) is 26.4 Å². The van der Waals surface area contributed by atoms with Crippen LogP contribution in [0.4, 0.5) is 18.9 Å². The molecule has 0 heterocycles. The topological polar surface area (TPSA) is 99.5 Å². The van der Waals surface area contributed by atoms with Crippen molar-refractivity contribution >= 4 is 21.6 Å². The second kappa shape index (κ2) is 8.28. The first kappa shape index (κ1) is 21.2. The van der Waals surface area contributed by atoms with Gasteiger partial charge in [0.2, 0.25) is 15.9 Å². The molecular formula is C17H14F3N3O4S. The molecule has 1 amide bonds. The molecule has 0 aliphatic carbocycles. The van der Waals surface area contributed by atoms with Gasteiger partial charge in [0.1, 0.15) is 11.8 Å². The van der Waals surface area contributed by atoms with E-state index in [1.807, 2.05) is 0 Å². The number of nitriles is 1. The van der Waals surface area contributed by atoms with Crippen molar-refractivity contribution in [3.8, 4) is 11.8 Å². The first-order valence-corrected chi connectivity index (χ1v) is 9.08. The van der Waals surface area contributed by atoms with Crippen molar-refractivity contribution in [1.82, 2.24) is 4.31 Å². The van der Waals surface area contributed by atoms with Gasteiger partial charge in [-0.25, -0.2) is 8.42 Å². The minimum absolute atomic E-state index is 0.0602. The minimum atomic E-state index is -4.83. The molecule has 7 nitrogen and oxygen atoms in total. The maximum Gasteiger partial charge on any atom is 0.573 e. The van der Waals surface area contributed by atoms with Crippen molar-refractivity contribution in [3.05, 3.63) is 54.1 Å². The molecule has 2 rings (SSSR count). The van der Waals surface area contributed by atoms with E-state index in [1.165, 1.54) is 43.4 Å². The van der Waals surface area contributed by atoms with Crippen LogP contribution in [0, 0.1) is 11.3 Å². The summed E-state index contributed by atoms with van der Waals surface area (Å²) < 4.78 is 66.0. The second-order valence-electron chi connectivity index (χ2n) is 5.49. The Kier molecular flexibility index (Phi) is 6.27. The summed E-state index contributed by atoms with van der Waals surface area (Å²) in [4.78, 5) is 11.8. The molecule has 0 saturated heterocycles. The van der Waals surface area contributed by atoms with E-state index < -0.39 is 34.6 Å². The van der Waals surface area contributed by atoms with E-state index >= 15 is 0 Å². The summed E-state index contributed by atoms with van der Waals surface area (Å²) in [5.41, 5.74) is 0.0951. The van der Waals surface area contributed by atoms with Crippen LogP contribution in [0.2, 0.25) is 0 Å². The molecule has 148 valence electrons. The van der Waals surface area contributed by atoms with Crippen LogP contribution in [0.3, 0.4) is 0 Å². The van der Waals surface area contributed by atoms with Crippen molar-refractivity contribution in [1.29, 1.82) is 5.26 Å². The van der Waals surface area contributed by atoms with Crippen molar-refractivity contribution in [2.45, 2.75) is 11.3 Å². The van der Waals surface area contributed by atoms with Crippen molar-refractivity contribution in [3.63, 3.8) is 0 Å². The molecule has 0 aliphatic rings. The van der Waals surface area contributed by atoms with Crippen LogP contribution >= 0.6 is 0 Å². The Morgan fingerprint density at radius 3 is 2.36 bits per heavy atom. The number of sulfonamides is 1. The Hall–Kier alpha value is -3.10. The summed E-state index contributed by atoms with van der Waals surface area (Å²) in [5, 5.41) is 11.4. The Balaban J connectivity index is 2.05. The fourth-order valence-corrected chi connectivity index (χ4v) is 3.44. The third-order valence-electron chi connectivity index (χ3n) is 3.43. The number of carbonyl (C=O) groups excluding carboxylic acids is 1. The zero-order chi connectivity index (χ0) is 20.9. The third kappa shape index (κ3) is 5.45. The van der Waals surface area contributed by atoms with Crippen LogP contribution in [0.25, 0.3) is 0 Å². The molecule has 0 atom stereocenters. The number of nitrogens with zero attached hydrogens (tertiary/aromatic N) is 2. The number of hydrogen-bond donors (Lipinski definition) is 1. The van der Waals surface area contributed by atoms with E-state index in [-0.39, 0.29) is 16.1 Å². The lowest BCUT2D eigenvalue weighted by Gasteiger charge is -2.17. The molecule has 0 aromatic heterocycles. The maximum atomic E-state index is 12.5. The van der Waals surface area contributed by atoms with Crippen LogP contribution in [-0.4, -0.2) is 38.6 Å². The number of likely N-dealkylation sites (N-methyl/N-ethyl adjacent to an activating group) is 1. The highest BCUT2D eigenvalue weighted by molar-refractivity contribution is 7.89. The first-order valence-electron chi connectivity index (χ1n) is 7.64. The van der Waals surface area contributed by atoms with Gasteiger partial charge in [-0.2, -0.15) is 9.57 Å². The molecule has 0 bridgehead atoms. The third-order valence-corrected chi connectivity index (χ3v) is 5.30. The first-order chi connectivity index (χ1) is 13.0. The molecule has 2 aromatic carbocycles. The van der Waals surface area contributed by atoms with Gasteiger partial charge in [-0.1, -0.05) is 12.1 Å². The predicted molar refractivity (Wildman–Crippen MR) is 92.7 cm³/mol. The molecule has 0 saturated carbocycles. The Labute approximate surface area is 159 Å². The molecule has 0 unspecified atom stereocenters. The quantitative estimate of drug-likeness (QED) is 0.785. The zero-order valence-corrected chi connectivity index (χ0v) is 15.2. The number of benzene rings is 2. The fraction of sp³-hybridized carbons (Fsp3) is 0.176. The summed E-state index contributed by atoms with van der Waals surface area (Å²) in [6.45, 7) is -0.567. The number of alkyl halides is 3. The van der Waals surface area contributed by atoms with Gasteiger partial charge >= 0.3 is 6.36 Å². The maximum absolute atomic E-state index is 12.5. The minimum Gasteiger partial charge on any atom is -0.406 e. The Morgan fingerprint density at radius 1 is 1.18 bits per heavy atom. The number of ether oxygens (including phenoxy) is 1. The molecule has 11 heteroatoms. The summed E-state index contributed by atoms with van der Waals surface area (Å²) in [6, 6.07) is 11.7. The number of nitrogens with one attached hydrogen (secondary N) is 1. The molecule has 1 N–H and O–H groups in total. The lowest BCUT2D eigenvalue weighted by molar-refractivity contribution is -0.274. The van der Waals surface area contributed by atoms with Gasteiger partial charge in [0.15, 0.2) is 0 Å². The van der Waals surface area contributed by atoms with E-state index in [0.717, 1.165) is 16.4 Å². The van der Waals surface area contributed by atoms with Crippen molar-refractivity contribution < 1.29 is 31.1 Å². The highest BCUT2D eigenvalue weighted by atomic mass is 32.2. The number of amides is 1. The average molecular weight is 413 g/mol. The normalized spacial score (nSPS) is 11.7. The van der Waals surface area contributed by atoms with E-state index in [4.69, 9.17) is 5.26 Å². The predicted octanol–water partition coefficient (Wildman–Crippen LogP) is 2.72. The summed E-state index contributed by atoms with van der Waals surface area (Å²) in [6.07, 6.45) is -4.83. The summed E-state index contributed by atoms with van der Waals surface area (Å²) >= 11 is 0. The monoisotopic (exact) mass is 413 g/mol. The Morgan fingerprint density at radius 2 is 1.79 bits per heavy atom. The molecular weight excluding hydrogens is 399 g/mol.